The molecule has 1 fully saturated rings. The molecule has 0 saturated carbocycles. The van der Waals surface area contributed by atoms with Crippen LogP contribution in [0.1, 0.15) is 16.2 Å². The Morgan fingerprint density at radius 3 is 2.79 bits per heavy atom. The maximum absolute atomic E-state index is 12.9. The Morgan fingerprint density at radius 2 is 1.97 bits per heavy atom. The summed E-state index contributed by atoms with van der Waals surface area (Å²) in [5, 5.41) is 12.3. The molecule has 0 atom stereocenters. The van der Waals surface area contributed by atoms with Gasteiger partial charge in [-0.1, -0.05) is 11.3 Å². The zero-order valence-electron chi connectivity index (χ0n) is 19.4. The first-order valence-corrected chi connectivity index (χ1v) is 11.4. The van der Waals surface area contributed by atoms with Crippen molar-refractivity contribution >= 4 is 22.5 Å². The van der Waals surface area contributed by atoms with Crippen LogP contribution in [-0.2, 0) is 11.3 Å². The van der Waals surface area contributed by atoms with Crippen LogP contribution in [0.3, 0.4) is 0 Å². The molecule has 1 N–H and O–H groups in total. The molecule has 4 aromatic rings. The number of hydrogen-bond acceptors (Lipinski definition) is 6. The van der Waals surface area contributed by atoms with Crippen molar-refractivity contribution in [2.45, 2.75) is 13.5 Å². The molecule has 5 rings (SSSR count). The number of ether oxygens (including phenoxy) is 2. The predicted molar refractivity (Wildman–Crippen MR) is 130 cm³/mol. The van der Waals surface area contributed by atoms with Crippen molar-refractivity contribution in [3.8, 4) is 11.4 Å². The maximum Gasteiger partial charge on any atom is 0.278 e. The summed E-state index contributed by atoms with van der Waals surface area (Å²) >= 11 is 0. The van der Waals surface area contributed by atoms with Crippen LogP contribution in [0.15, 0.2) is 54.7 Å². The number of carbonyl (C=O) groups is 1. The fourth-order valence-corrected chi connectivity index (χ4v) is 4.26. The third kappa shape index (κ3) is 4.52. The van der Waals surface area contributed by atoms with Crippen LogP contribution in [-0.4, -0.2) is 70.3 Å². The van der Waals surface area contributed by atoms with E-state index in [1.54, 1.807) is 11.8 Å². The van der Waals surface area contributed by atoms with Crippen LogP contribution in [0.5, 0.6) is 5.75 Å². The summed E-state index contributed by atoms with van der Waals surface area (Å²) in [6.07, 6.45) is 2.10. The van der Waals surface area contributed by atoms with Gasteiger partial charge < -0.3 is 19.4 Å². The fraction of sp³-hybridized carbons (Fsp3) is 0.320. The van der Waals surface area contributed by atoms with Gasteiger partial charge in [0, 0.05) is 55.0 Å². The highest BCUT2D eigenvalue weighted by molar-refractivity contribution is 6.04. The van der Waals surface area contributed by atoms with Crippen LogP contribution >= 0.6 is 0 Å². The largest absolute Gasteiger partial charge is 0.497 e. The number of nitrogens with one attached hydrogen (secondary N) is 1. The standard InChI is InChI=1S/C25H28N6O3/c1-18-24(27-28-31(18)21-4-3-5-22(17-21)33-2)25(32)26-20-6-7-23-19(16-20)8-9-30(23)11-10-29-12-14-34-15-13-29/h3-9,16-17H,10-15H2,1-2H3,(H,26,32). The number of anilines is 1. The molecule has 0 aliphatic carbocycles. The van der Waals surface area contributed by atoms with E-state index in [2.05, 4.69) is 37.4 Å². The highest BCUT2D eigenvalue weighted by atomic mass is 16.5. The first-order chi connectivity index (χ1) is 16.6. The van der Waals surface area contributed by atoms with Gasteiger partial charge in [-0.3, -0.25) is 9.69 Å². The van der Waals surface area contributed by atoms with Gasteiger partial charge in [0.05, 0.1) is 31.7 Å². The van der Waals surface area contributed by atoms with Crippen molar-refractivity contribution in [3.63, 3.8) is 0 Å². The predicted octanol–water partition coefficient (Wildman–Crippen LogP) is 3.12. The van der Waals surface area contributed by atoms with Crippen LogP contribution in [0, 0.1) is 6.92 Å². The van der Waals surface area contributed by atoms with E-state index in [0.29, 0.717) is 11.4 Å². The molecule has 2 aromatic heterocycles. The van der Waals surface area contributed by atoms with E-state index in [9.17, 15) is 4.79 Å². The molecule has 34 heavy (non-hydrogen) atoms. The average molecular weight is 461 g/mol. The number of carbonyl (C=O) groups excluding carboxylic acids is 1. The number of nitrogens with zero attached hydrogens (tertiary/aromatic N) is 5. The first-order valence-electron chi connectivity index (χ1n) is 11.4. The molecule has 0 bridgehead atoms. The Morgan fingerprint density at radius 1 is 1.12 bits per heavy atom. The molecule has 9 heteroatoms. The van der Waals surface area contributed by atoms with Gasteiger partial charge in [-0.25, -0.2) is 4.68 Å². The summed E-state index contributed by atoms with van der Waals surface area (Å²) in [7, 11) is 1.61. The summed E-state index contributed by atoms with van der Waals surface area (Å²) in [5.41, 5.74) is 3.58. The van der Waals surface area contributed by atoms with Crippen molar-refractivity contribution in [1.29, 1.82) is 0 Å². The number of benzene rings is 2. The Bertz CT molecular complexity index is 1310. The lowest BCUT2D eigenvalue weighted by Crippen LogP contribution is -2.38. The minimum atomic E-state index is -0.294. The van der Waals surface area contributed by atoms with E-state index in [0.717, 1.165) is 61.7 Å². The highest BCUT2D eigenvalue weighted by Gasteiger charge is 2.18. The van der Waals surface area contributed by atoms with Crippen LogP contribution < -0.4 is 10.1 Å². The Labute approximate surface area is 197 Å². The van der Waals surface area contributed by atoms with Gasteiger partial charge in [-0.15, -0.1) is 5.10 Å². The summed E-state index contributed by atoms with van der Waals surface area (Å²) in [6.45, 7) is 7.32. The van der Waals surface area contributed by atoms with Crippen LogP contribution in [0.4, 0.5) is 5.69 Å². The lowest BCUT2D eigenvalue weighted by molar-refractivity contribution is 0.0365. The molecule has 2 aromatic carbocycles. The molecule has 3 heterocycles. The first kappa shape index (κ1) is 22.1. The molecular weight excluding hydrogens is 432 g/mol. The third-order valence-electron chi connectivity index (χ3n) is 6.20. The van der Waals surface area contributed by atoms with Gasteiger partial charge in [0.15, 0.2) is 5.69 Å². The molecule has 1 aliphatic rings. The molecule has 1 saturated heterocycles. The Kier molecular flexibility index (Phi) is 6.29. The van der Waals surface area contributed by atoms with Crippen molar-refractivity contribution in [1.82, 2.24) is 24.5 Å². The molecule has 0 spiro atoms. The smallest absolute Gasteiger partial charge is 0.278 e. The third-order valence-corrected chi connectivity index (χ3v) is 6.20. The fourth-order valence-electron chi connectivity index (χ4n) is 4.26. The van der Waals surface area contributed by atoms with Gasteiger partial charge in [-0.2, -0.15) is 0 Å². The number of morpholine rings is 1. The topological polar surface area (TPSA) is 86.4 Å². The quantitative estimate of drug-likeness (QED) is 0.456. The highest BCUT2D eigenvalue weighted by Crippen LogP contribution is 2.22. The number of aromatic nitrogens is 4. The monoisotopic (exact) mass is 460 g/mol. The van der Waals surface area contributed by atoms with E-state index in [-0.39, 0.29) is 11.6 Å². The van der Waals surface area contributed by atoms with E-state index < -0.39 is 0 Å². The molecule has 0 radical (unpaired) electrons. The molecule has 9 nitrogen and oxygen atoms in total. The minimum Gasteiger partial charge on any atom is -0.497 e. The number of fused-ring (bicyclic) bond motifs is 1. The molecule has 1 aliphatic heterocycles. The number of methoxy groups -OCH3 is 1. The second kappa shape index (κ2) is 9.66. The van der Waals surface area contributed by atoms with Crippen molar-refractivity contribution in [2.75, 3.05) is 45.3 Å². The van der Waals surface area contributed by atoms with E-state index in [4.69, 9.17) is 9.47 Å². The van der Waals surface area contributed by atoms with Gasteiger partial charge in [0.1, 0.15) is 5.75 Å². The Balaban J connectivity index is 1.28. The van der Waals surface area contributed by atoms with E-state index >= 15 is 0 Å². The molecule has 176 valence electrons. The van der Waals surface area contributed by atoms with Crippen molar-refractivity contribution in [2.24, 2.45) is 0 Å². The zero-order valence-corrected chi connectivity index (χ0v) is 19.4. The second-order valence-electron chi connectivity index (χ2n) is 8.33. The van der Waals surface area contributed by atoms with Gasteiger partial charge in [-0.05, 0) is 43.3 Å². The van der Waals surface area contributed by atoms with Crippen molar-refractivity contribution in [3.05, 3.63) is 66.1 Å². The Hall–Kier alpha value is -3.69. The van der Waals surface area contributed by atoms with Gasteiger partial charge in [0.25, 0.3) is 5.91 Å². The lowest BCUT2D eigenvalue weighted by Gasteiger charge is -2.26. The number of rotatable bonds is 7. The lowest BCUT2D eigenvalue weighted by atomic mass is 10.2. The van der Waals surface area contributed by atoms with Gasteiger partial charge in [0.2, 0.25) is 0 Å². The molecular formula is C25H28N6O3. The minimum absolute atomic E-state index is 0.283. The van der Waals surface area contributed by atoms with Crippen molar-refractivity contribution < 1.29 is 14.3 Å². The second-order valence-corrected chi connectivity index (χ2v) is 8.33. The SMILES string of the molecule is COc1cccc(-n2nnc(C(=O)Nc3ccc4c(ccn4CCN4CCOCC4)c3)c2C)c1. The summed E-state index contributed by atoms with van der Waals surface area (Å²) in [6, 6.07) is 15.5. The summed E-state index contributed by atoms with van der Waals surface area (Å²) in [4.78, 5) is 15.4. The van der Waals surface area contributed by atoms with Gasteiger partial charge >= 0.3 is 0 Å². The van der Waals surface area contributed by atoms with E-state index in [1.165, 1.54) is 0 Å². The molecule has 0 unspecified atom stereocenters. The van der Waals surface area contributed by atoms with Crippen LogP contribution in [0.25, 0.3) is 16.6 Å². The normalized spacial score (nSPS) is 14.4. The number of hydrogen-bond donors (Lipinski definition) is 1. The summed E-state index contributed by atoms with van der Waals surface area (Å²) in [5.74, 6) is 0.418. The average Bonchev–Trinajstić information content (AvgIpc) is 3.46. The van der Waals surface area contributed by atoms with E-state index in [1.807, 2.05) is 49.4 Å². The summed E-state index contributed by atoms with van der Waals surface area (Å²) < 4.78 is 14.6. The van der Waals surface area contributed by atoms with Crippen LogP contribution in [0.2, 0.25) is 0 Å². The zero-order chi connectivity index (χ0) is 23.5. The molecule has 1 amide bonds. The number of amides is 1. The maximum atomic E-state index is 12.9.